The fourth-order valence-electron chi connectivity index (χ4n) is 2.17. The predicted molar refractivity (Wildman–Crippen MR) is 89.4 cm³/mol. The Balaban J connectivity index is 2.12. The number of hydrogen-bond acceptors (Lipinski definition) is 5. The van der Waals surface area contributed by atoms with Gasteiger partial charge in [0.1, 0.15) is 5.82 Å². The molecule has 10 heteroatoms. The lowest BCUT2D eigenvalue weighted by atomic mass is 10.2. The number of nitrogens with one attached hydrogen (secondary N) is 1. The molecule has 140 valence electrons. The van der Waals surface area contributed by atoms with Gasteiger partial charge in [0.25, 0.3) is 15.7 Å². The topological polar surface area (TPSA) is 79.4 Å². The van der Waals surface area contributed by atoms with E-state index in [1.165, 1.54) is 0 Å². The van der Waals surface area contributed by atoms with E-state index in [4.69, 9.17) is 0 Å². The fraction of sp³-hybridized carbons (Fsp3) is 0.250. The van der Waals surface area contributed by atoms with E-state index in [9.17, 15) is 26.4 Å². The van der Waals surface area contributed by atoms with Crippen LogP contribution in [0.1, 0.15) is 15.9 Å². The monoisotopic (exact) mass is 387 g/mol. The van der Waals surface area contributed by atoms with Gasteiger partial charge in [0.15, 0.2) is 0 Å². The molecule has 2 aromatic rings. The minimum Gasteiger partial charge on any atom is -0.362 e. The standard InChI is InChI=1S/C16H16F3N3O3S/c1-22(2)14-12(4-3-9-20-14)10-21-15(23)11-5-7-13(8-6-11)26(24,25)16(17,18)19/h3-9H,10H2,1-2H3,(H,21,23). The van der Waals surface area contributed by atoms with Crippen LogP contribution in [-0.2, 0) is 16.4 Å². The third-order valence-electron chi connectivity index (χ3n) is 3.46. The number of sulfone groups is 1. The molecule has 0 aliphatic heterocycles. The summed E-state index contributed by atoms with van der Waals surface area (Å²) in [7, 11) is -1.84. The Bertz CT molecular complexity index is 895. The molecule has 0 atom stereocenters. The molecule has 1 amide bonds. The zero-order valence-electron chi connectivity index (χ0n) is 13.9. The average molecular weight is 387 g/mol. The first kappa shape index (κ1) is 19.7. The van der Waals surface area contributed by atoms with Gasteiger partial charge in [-0.05, 0) is 30.3 Å². The molecule has 0 aliphatic rings. The summed E-state index contributed by atoms with van der Waals surface area (Å²) in [4.78, 5) is 17.2. The van der Waals surface area contributed by atoms with Gasteiger partial charge in [0.05, 0.1) is 4.90 Å². The van der Waals surface area contributed by atoms with Gasteiger partial charge >= 0.3 is 5.51 Å². The summed E-state index contributed by atoms with van der Waals surface area (Å²) in [5, 5.41) is 2.62. The van der Waals surface area contributed by atoms with E-state index >= 15 is 0 Å². The van der Waals surface area contributed by atoms with Crippen molar-refractivity contribution in [2.45, 2.75) is 16.9 Å². The number of aromatic nitrogens is 1. The lowest BCUT2D eigenvalue weighted by Gasteiger charge is -2.16. The van der Waals surface area contributed by atoms with Gasteiger partial charge in [-0.15, -0.1) is 0 Å². The average Bonchev–Trinajstić information content (AvgIpc) is 2.59. The van der Waals surface area contributed by atoms with Crippen molar-refractivity contribution >= 4 is 21.6 Å². The summed E-state index contributed by atoms with van der Waals surface area (Å²) in [6.07, 6.45) is 1.61. The molecule has 1 aromatic carbocycles. The number of alkyl halides is 3. The summed E-state index contributed by atoms with van der Waals surface area (Å²) in [6.45, 7) is 0.156. The van der Waals surface area contributed by atoms with Crippen molar-refractivity contribution in [3.8, 4) is 0 Å². The van der Waals surface area contributed by atoms with E-state index < -0.39 is 26.1 Å². The Morgan fingerprint density at radius 3 is 2.31 bits per heavy atom. The van der Waals surface area contributed by atoms with Crippen LogP contribution < -0.4 is 10.2 Å². The quantitative estimate of drug-likeness (QED) is 0.852. The maximum absolute atomic E-state index is 12.5. The largest absolute Gasteiger partial charge is 0.501 e. The maximum Gasteiger partial charge on any atom is 0.501 e. The lowest BCUT2D eigenvalue weighted by molar-refractivity contribution is -0.0436. The SMILES string of the molecule is CN(C)c1ncccc1CNC(=O)c1ccc(S(=O)(=O)C(F)(F)F)cc1. The van der Waals surface area contributed by atoms with Gasteiger partial charge in [0, 0.05) is 38.0 Å². The third kappa shape index (κ3) is 4.13. The van der Waals surface area contributed by atoms with Crippen LogP contribution in [0.4, 0.5) is 19.0 Å². The van der Waals surface area contributed by atoms with Crippen molar-refractivity contribution in [2.75, 3.05) is 19.0 Å². The minimum atomic E-state index is -5.43. The van der Waals surface area contributed by atoms with Crippen molar-refractivity contribution in [1.82, 2.24) is 10.3 Å². The van der Waals surface area contributed by atoms with Crippen LogP contribution in [0.3, 0.4) is 0 Å². The van der Waals surface area contributed by atoms with Crippen molar-refractivity contribution in [3.63, 3.8) is 0 Å². The number of pyridine rings is 1. The molecule has 0 radical (unpaired) electrons. The molecular weight excluding hydrogens is 371 g/mol. The molecule has 0 bridgehead atoms. The highest BCUT2D eigenvalue weighted by atomic mass is 32.2. The van der Waals surface area contributed by atoms with E-state index in [0.29, 0.717) is 5.82 Å². The summed E-state index contributed by atoms with van der Waals surface area (Å²) in [5.74, 6) is 0.119. The smallest absolute Gasteiger partial charge is 0.362 e. The normalized spacial score (nSPS) is 11.9. The molecule has 0 saturated carbocycles. The van der Waals surface area contributed by atoms with Crippen molar-refractivity contribution < 1.29 is 26.4 Å². The van der Waals surface area contributed by atoms with Crippen molar-refractivity contribution in [1.29, 1.82) is 0 Å². The number of hydrogen-bond donors (Lipinski definition) is 1. The van der Waals surface area contributed by atoms with Crippen molar-refractivity contribution in [3.05, 3.63) is 53.7 Å². The van der Waals surface area contributed by atoms with Gasteiger partial charge in [-0.3, -0.25) is 4.79 Å². The van der Waals surface area contributed by atoms with E-state index in [2.05, 4.69) is 10.3 Å². The number of carbonyl (C=O) groups is 1. The van der Waals surface area contributed by atoms with E-state index in [-0.39, 0.29) is 12.1 Å². The van der Waals surface area contributed by atoms with Crippen LogP contribution in [0.2, 0.25) is 0 Å². The Kier molecular flexibility index (Phi) is 5.55. The van der Waals surface area contributed by atoms with Crippen LogP contribution in [-0.4, -0.2) is 38.9 Å². The first-order chi connectivity index (χ1) is 12.0. The molecule has 0 saturated heterocycles. The maximum atomic E-state index is 12.5. The molecular formula is C16H16F3N3O3S. The van der Waals surface area contributed by atoms with Crippen LogP contribution in [0.25, 0.3) is 0 Å². The van der Waals surface area contributed by atoms with E-state index in [0.717, 1.165) is 29.8 Å². The van der Waals surface area contributed by atoms with Gasteiger partial charge in [-0.2, -0.15) is 13.2 Å². The summed E-state index contributed by atoms with van der Waals surface area (Å²) in [6, 6.07) is 7.07. The zero-order valence-corrected chi connectivity index (χ0v) is 14.7. The van der Waals surface area contributed by atoms with Gasteiger partial charge < -0.3 is 10.2 Å². The summed E-state index contributed by atoms with van der Waals surface area (Å²) in [5.41, 5.74) is -4.59. The first-order valence-electron chi connectivity index (χ1n) is 7.35. The van der Waals surface area contributed by atoms with Gasteiger partial charge in [-0.25, -0.2) is 13.4 Å². The Hall–Kier alpha value is -2.62. The highest BCUT2D eigenvalue weighted by molar-refractivity contribution is 7.92. The summed E-state index contributed by atoms with van der Waals surface area (Å²) >= 11 is 0. The van der Waals surface area contributed by atoms with Crippen LogP contribution in [0.15, 0.2) is 47.5 Å². The number of amides is 1. The van der Waals surface area contributed by atoms with Gasteiger partial charge in [-0.1, -0.05) is 6.07 Å². The van der Waals surface area contributed by atoms with Crippen molar-refractivity contribution in [2.24, 2.45) is 0 Å². The summed E-state index contributed by atoms with van der Waals surface area (Å²) < 4.78 is 60.2. The molecule has 26 heavy (non-hydrogen) atoms. The van der Waals surface area contributed by atoms with Gasteiger partial charge in [0.2, 0.25) is 0 Å². The Morgan fingerprint density at radius 1 is 1.15 bits per heavy atom. The number of halogens is 3. The number of rotatable bonds is 5. The number of benzene rings is 1. The fourth-order valence-corrected chi connectivity index (χ4v) is 2.93. The molecule has 1 aromatic heterocycles. The molecule has 1 heterocycles. The third-order valence-corrected chi connectivity index (χ3v) is 4.96. The molecule has 6 nitrogen and oxygen atoms in total. The molecule has 0 aliphatic carbocycles. The highest BCUT2D eigenvalue weighted by Crippen LogP contribution is 2.30. The molecule has 0 spiro atoms. The Labute approximate surface area is 148 Å². The second-order valence-electron chi connectivity index (χ2n) is 5.54. The Morgan fingerprint density at radius 2 is 1.77 bits per heavy atom. The predicted octanol–water partition coefficient (Wildman–Crippen LogP) is 2.37. The molecule has 1 N–H and O–H groups in total. The molecule has 0 unspecified atom stereocenters. The lowest BCUT2D eigenvalue weighted by Crippen LogP contribution is -2.25. The zero-order chi connectivity index (χ0) is 19.5. The minimum absolute atomic E-state index is 0.0430. The molecule has 2 rings (SSSR count). The van der Waals surface area contributed by atoms with Crippen LogP contribution in [0, 0.1) is 0 Å². The number of nitrogens with zero attached hydrogens (tertiary/aromatic N) is 2. The highest BCUT2D eigenvalue weighted by Gasteiger charge is 2.46. The van der Waals surface area contributed by atoms with Crippen LogP contribution in [0.5, 0.6) is 0 Å². The second kappa shape index (κ2) is 7.32. The number of anilines is 1. The van der Waals surface area contributed by atoms with E-state index in [1.54, 1.807) is 37.3 Å². The second-order valence-corrected chi connectivity index (χ2v) is 7.48. The first-order valence-corrected chi connectivity index (χ1v) is 8.83. The van der Waals surface area contributed by atoms with E-state index in [1.807, 2.05) is 0 Å². The number of carbonyl (C=O) groups excluding carboxylic acids is 1. The van der Waals surface area contributed by atoms with Crippen LogP contribution >= 0.6 is 0 Å². The molecule has 0 fully saturated rings.